The Bertz CT molecular complexity index is 510. The summed E-state index contributed by atoms with van der Waals surface area (Å²) in [5.74, 6) is 2.13. The van der Waals surface area contributed by atoms with Crippen LogP contribution in [0, 0.1) is 5.92 Å². The van der Waals surface area contributed by atoms with Gasteiger partial charge in [-0.1, -0.05) is 26.8 Å². The molecule has 0 aliphatic carbocycles. The highest BCUT2D eigenvalue weighted by molar-refractivity contribution is 7.10. The summed E-state index contributed by atoms with van der Waals surface area (Å²) in [5.41, 5.74) is 0. The smallest absolute Gasteiger partial charge is 0.147 e. The molecular formula is C15H22N4S. The zero-order valence-electron chi connectivity index (χ0n) is 12.3. The van der Waals surface area contributed by atoms with Crippen LogP contribution >= 0.6 is 11.3 Å². The van der Waals surface area contributed by atoms with Crippen molar-refractivity contribution in [2.24, 2.45) is 5.92 Å². The van der Waals surface area contributed by atoms with Crippen LogP contribution in [0.25, 0.3) is 0 Å². The van der Waals surface area contributed by atoms with Gasteiger partial charge in [0, 0.05) is 11.4 Å². The van der Waals surface area contributed by atoms with Gasteiger partial charge in [0.2, 0.25) is 0 Å². The van der Waals surface area contributed by atoms with Crippen LogP contribution in [0.5, 0.6) is 0 Å². The molecule has 2 rings (SSSR count). The number of thiophene rings is 1. The quantitative estimate of drug-likeness (QED) is 0.803. The largest absolute Gasteiger partial charge is 0.369 e. The number of aromatic nitrogens is 2. The molecule has 2 heterocycles. The van der Waals surface area contributed by atoms with Crippen LogP contribution < -0.4 is 10.6 Å². The number of nitrogens with one attached hydrogen (secondary N) is 2. The Morgan fingerprint density at radius 2 is 2.05 bits per heavy atom. The molecule has 0 bridgehead atoms. The minimum Gasteiger partial charge on any atom is -0.369 e. The van der Waals surface area contributed by atoms with Crippen molar-refractivity contribution in [3.05, 3.63) is 34.8 Å². The Labute approximate surface area is 124 Å². The molecule has 2 aromatic rings. The van der Waals surface area contributed by atoms with Crippen LogP contribution in [0.15, 0.2) is 29.9 Å². The third-order valence-electron chi connectivity index (χ3n) is 3.01. The molecule has 2 aromatic heterocycles. The second-order valence-electron chi connectivity index (χ2n) is 5.10. The van der Waals surface area contributed by atoms with E-state index in [1.54, 1.807) is 23.7 Å². The molecule has 0 aliphatic rings. The molecule has 0 saturated carbocycles. The molecule has 2 N–H and O–H groups in total. The Morgan fingerprint density at radius 3 is 2.70 bits per heavy atom. The molecule has 1 atom stereocenters. The average molecular weight is 290 g/mol. The van der Waals surface area contributed by atoms with Gasteiger partial charge in [0.15, 0.2) is 0 Å². The maximum atomic E-state index is 4.56. The molecule has 5 heteroatoms. The fourth-order valence-electron chi connectivity index (χ4n) is 1.97. The number of anilines is 2. The van der Waals surface area contributed by atoms with E-state index in [9.17, 15) is 0 Å². The highest BCUT2D eigenvalue weighted by Crippen LogP contribution is 2.29. The number of hydrogen-bond acceptors (Lipinski definition) is 5. The molecule has 0 radical (unpaired) electrons. The second kappa shape index (κ2) is 7.24. The van der Waals surface area contributed by atoms with E-state index >= 15 is 0 Å². The van der Waals surface area contributed by atoms with Gasteiger partial charge in [-0.15, -0.1) is 11.3 Å². The lowest BCUT2D eigenvalue weighted by atomic mass is 10.0. The monoisotopic (exact) mass is 290 g/mol. The van der Waals surface area contributed by atoms with E-state index in [-0.39, 0.29) is 6.04 Å². The van der Waals surface area contributed by atoms with E-state index in [4.69, 9.17) is 0 Å². The summed E-state index contributed by atoms with van der Waals surface area (Å²) < 4.78 is 0. The third-order valence-corrected chi connectivity index (χ3v) is 3.97. The predicted molar refractivity (Wildman–Crippen MR) is 86.3 cm³/mol. The van der Waals surface area contributed by atoms with Gasteiger partial charge in [-0.05, 0) is 23.8 Å². The topological polar surface area (TPSA) is 49.8 Å². The first-order valence-corrected chi connectivity index (χ1v) is 7.94. The molecule has 0 spiro atoms. The van der Waals surface area contributed by atoms with Crippen LogP contribution in [-0.4, -0.2) is 16.5 Å². The van der Waals surface area contributed by atoms with Gasteiger partial charge in [0.25, 0.3) is 0 Å². The lowest BCUT2D eigenvalue weighted by molar-refractivity contribution is 0.552. The van der Waals surface area contributed by atoms with Gasteiger partial charge in [0.05, 0.1) is 18.4 Å². The molecule has 1 unspecified atom stereocenters. The second-order valence-corrected chi connectivity index (χ2v) is 6.08. The van der Waals surface area contributed by atoms with E-state index in [1.807, 2.05) is 0 Å². The fraction of sp³-hybridized carbons (Fsp3) is 0.467. The van der Waals surface area contributed by atoms with Gasteiger partial charge in [0.1, 0.15) is 11.6 Å². The van der Waals surface area contributed by atoms with Crippen LogP contribution in [0.3, 0.4) is 0 Å². The van der Waals surface area contributed by atoms with Crippen molar-refractivity contribution in [2.45, 2.75) is 33.2 Å². The zero-order valence-corrected chi connectivity index (χ0v) is 13.1. The van der Waals surface area contributed by atoms with Crippen LogP contribution in [0.2, 0.25) is 0 Å². The van der Waals surface area contributed by atoms with Gasteiger partial charge >= 0.3 is 0 Å². The molecule has 0 aliphatic heterocycles. The first-order chi connectivity index (χ1) is 9.70. The number of nitrogens with zero attached hydrogens (tertiary/aromatic N) is 2. The van der Waals surface area contributed by atoms with Crippen molar-refractivity contribution in [3.8, 4) is 0 Å². The van der Waals surface area contributed by atoms with E-state index in [1.165, 1.54) is 4.88 Å². The lowest BCUT2D eigenvalue weighted by Crippen LogP contribution is -2.17. The summed E-state index contributed by atoms with van der Waals surface area (Å²) >= 11 is 1.77. The van der Waals surface area contributed by atoms with Crippen molar-refractivity contribution in [3.63, 3.8) is 0 Å². The fourth-order valence-corrected chi connectivity index (χ4v) is 2.92. The van der Waals surface area contributed by atoms with Crippen LogP contribution in [0.1, 0.15) is 38.1 Å². The molecule has 0 amide bonds. The molecule has 4 nitrogen and oxygen atoms in total. The normalized spacial score (nSPS) is 12.4. The first-order valence-electron chi connectivity index (χ1n) is 7.06. The van der Waals surface area contributed by atoms with Gasteiger partial charge in [-0.3, -0.25) is 4.98 Å². The van der Waals surface area contributed by atoms with Crippen LogP contribution in [-0.2, 0) is 0 Å². The highest BCUT2D eigenvalue weighted by Gasteiger charge is 2.17. The summed E-state index contributed by atoms with van der Waals surface area (Å²) in [6.07, 6.45) is 4.61. The molecule has 20 heavy (non-hydrogen) atoms. The van der Waals surface area contributed by atoms with E-state index in [0.717, 1.165) is 24.6 Å². The maximum absolute atomic E-state index is 4.56. The third kappa shape index (κ3) is 3.93. The van der Waals surface area contributed by atoms with Crippen molar-refractivity contribution < 1.29 is 0 Å². The first kappa shape index (κ1) is 14.8. The Morgan fingerprint density at radius 1 is 1.25 bits per heavy atom. The van der Waals surface area contributed by atoms with Crippen molar-refractivity contribution in [1.82, 2.24) is 9.97 Å². The molecular weight excluding hydrogens is 268 g/mol. The standard InChI is InChI=1S/C15H22N4S/c1-4-7-17-13-9-16-10-14(18-13)19-15(11(2)3)12-6-5-8-20-12/h5-6,8-11,15H,4,7H2,1-3H3,(H2,17,18,19). The van der Waals surface area contributed by atoms with Crippen molar-refractivity contribution in [2.75, 3.05) is 17.2 Å². The van der Waals surface area contributed by atoms with E-state index in [2.05, 4.69) is 58.9 Å². The minimum atomic E-state index is 0.269. The molecule has 0 fully saturated rings. The molecule has 108 valence electrons. The van der Waals surface area contributed by atoms with Gasteiger partial charge in [-0.25, -0.2) is 4.98 Å². The Hall–Kier alpha value is -1.62. The van der Waals surface area contributed by atoms with Gasteiger partial charge in [-0.2, -0.15) is 0 Å². The highest BCUT2D eigenvalue weighted by atomic mass is 32.1. The summed E-state index contributed by atoms with van der Waals surface area (Å²) in [5, 5.41) is 8.86. The van der Waals surface area contributed by atoms with Crippen LogP contribution in [0.4, 0.5) is 11.6 Å². The molecule has 0 saturated heterocycles. The summed E-state index contributed by atoms with van der Waals surface area (Å²) in [6.45, 7) is 7.47. The average Bonchev–Trinajstić information content (AvgIpc) is 2.96. The summed E-state index contributed by atoms with van der Waals surface area (Å²) in [7, 11) is 0. The van der Waals surface area contributed by atoms with Crippen molar-refractivity contribution >= 4 is 23.0 Å². The summed E-state index contributed by atoms with van der Waals surface area (Å²) in [4.78, 5) is 10.1. The maximum Gasteiger partial charge on any atom is 0.147 e. The van der Waals surface area contributed by atoms with E-state index in [0.29, 0.717) is 5.92 Å². The number of rotatable bonds is 7. The number of hydrogen-bond donors (Lipinski definition) is 2. The Kier molecular flexibility index (Phi) is 5.35. The Balaban J connectivity index is 2.10. The molecule has 0 aromatic carbocycles. The summed E-state index contributed by atoms with van der Waals surface area (Å²) in [6, 6.07) is 4.52. The van der Waals surface area contributed by atoms with E-state index < -0.39 is 0 Å². The lowest BCUT2D eigenvalue weighted by Gasteiger charge is -2.21. The van der Waals surface area contributed by atoms with Gasteiger partial charge < -0.3 is 10.6 Å². The predicted octanol–water partition coefficient (Wildman–Crippen LogP) is 4.17. The SMILES string of the molecule is CCCNc1cncc(NC(c2cccs2)C(C)C)n1. The van der Waals surface area contributed by atoms with Crippen molar-refractivity contribution in [1.29, 1.82) is 0 Å². The minimum absolute atomic E-state index is 0.269. The zero-order chi connectivity index (χ0) is 14.4.